The van der Waals surface area contributed by atoms with E-state index in [0.717, 1.165) is 0 Å². The fraction of sp³-hybridized carbons (Fsp3) is 0.471. The topological polar surface area (TPSA) is 91.0 Å². The van der Waals surface area contributed by atoms with Crippen LogP contribution in [0.5, 0.6) is 0 Å². The van der Waals surface area contributed by atoms with Crippen LogP contribution < -0.4 is 10.6 Å². The van der Waals surface area contributed by atoms with Gasteiger partial charge in [0.1, 0.15) is 6.04 Å². The summed E-state index contributed by atoms with van der Waals surface area (Å²) in [7, 11) is 0. The van der Waals surface area contributed by atoms with Gasteiger partial charge in [0.05, 0.1) is 30.5 Å². The first kappa shape index (κ1) is 15.9. The average Bonchev–Trinajstić information content (AvgIpc) is 3.01. The summed E-state index contributed by atoms with van der Waals surface area (Å²) in [6.07, 6.45) is 0.558. The van der Waals surface area contributed by atoms with Gasteiger partial charge in [0.2, 0.25) is 5.91 Å². The number of amides is 4. The first-order valence-corrected chi connectivity index (χ1v) is 8.49. The van der Waals surface area contributed by atoms with Crippen LogP contribution in [0.3, 0.4) is 0 Å². The van der Waals surface area contributed by atoms with Crippen LogP contribution in [0.15, 0.2) is 24.3 Å². The average molecular weight is 344 g/mol. The van der Waals surface area contributed by atoms with Crippen molar-refractivity contribution >= 4 is 23.5 Å². The van der Waals surface area contributed by atoms with E-state index >= 15 is 0 Å². The van der Waals surface area contributed by atoms with Gasteiger partial charge in [-0.1, -0.05) is 12.1 Å². The fourth-order valence-electron chi connectivity index (χ4n) is 3.65. The highest BCUT2D eigenvalue weighted by molar-refractivity contribution is 6.10. The summed E-state index contributed by atoms with van der Waals surface area (Å²) in [6, 6.07) is 5.68. The monoisotopic (exact) mass is 344 g/mol. The molecule has 4 rings (SSSR count). The van der Waals surface area contributed by atoms with Crippen LogP contribution in [0.1, 0.15) is 16.8 Å². The lowest BCUT2D eigenvalue weighted by Gasteiger charge is -2.30. The zero-order chi connectivity index (χ0) is 17.4. The maximum Gasteiger partial charge on any atom is 0.317 e. The Balaban J connectivity index is 1.53. The van der Waals surface area contributed by atoms with Crippen molar-refractivity contribution in [1.29, 1.82) is 0 Å². The Labute approximate surface area is 145 Å². The van der Waals surface area contributed by atoms with Gasteiger partial charge >= 0.3 is 6.03 Å². The highest BCUT2D eigenvalue weighted by Gasteiger charge is 2.45. The van der Waals surface area contributed by atoms with Gasteiger partial charge in [0, 0.05) is 19.6 Å². The number of hydrogen-bond donors (Lipinski definition) is 2. The molecule has 0 aliphatic carbocycles. The van der Waals surface area contributed by atoms with E-state index in [1.165, 1.54) is 0 Å². The smallest absolute Gasteiger partial charge is 0.317 e. The predicted molar refractivity (Wildman–Crippen MR) is 89.2 cm³/mol. The normalized spacial score (nSPS) is 25.8. The Morgan fingerprint density at radius 3 is 2.72 bits per heavy atom. The first-order valence-electron chi connectivity index (χ1n) is 8.49. The standard InChI is InChI=1S/C17H20N4O4/c22-15-14-13(19-17(24)20-7-9-25-10-8-20)5-6-21(14)16(23)11-3-1-2-4-12(11)18-15/h1-4,13-14H,5-10H2,(H,18,22)(H,19,24)/t13-,14-/m0/s1. The van der Waals surface area contributed by atoms with Crippen LogP contribution in [-0.2, 0) is 9.53 Å². The molecule has 8 heteroatoms. The van der Waals surface area contributed by atoms with Crippen LogP contribution in [0.25, 0.3) is 0 Å². The van der Waals surface area contributed by atoms with Crippen molar-refractivity contribution in [3.8, 4) is 0 Å². The Morgan fingerprint density at radius 1 is 1.16 bits per heavy atom. The highest BCUT2D eigenvalue weighted by Crippen LogP contribution is 2.29. The number of nitrogens with zero attached hydrogens (tertiary/aromatic N) is 2. The van der Waals surface area contributed by atoms with E-state index in [1.807, 2.05) is 0 Å². The minimum absolute atomic E-state index is 0.179. The van der Waals surface area contributed by atoms with Crippen LogP contribution >= 0.6 is 0 Å². The summed E-state index contributed by atoms with van der Waals surface area (Å²) >= 11 is 0. The Kier molecular flexibility index (Phi) is 4.04. The molecule has 4 amide bonds. The van der Waals surface area contributed by atoms with E-state index in [1.54, 1.807) is 34.1 Å². The van der Waals surface area contributed by atoms with Gasteiger partial charge in [-0.15, -0.1) is 0 Å². The summed E-state index contributed by atoms with van der Waals surface area (Å²) in [5.74, 6) is -0.440. The second kappa shape index (κ2) is 6.36. The van der Waals surface area contributed by atoms with Gasteiger partial charge in [-0.05, 0) is 18.6 Å². The molecule has 2 saturated heterocycles. The van der Waals surface area contributed by atoms with E-state index in [0.29, 0.717) is 50.5 Å². The number of benzene rings is 1. The number of rotatable bonds is 1. The lowest BCUT2D eigenvalue weighted by molar-refractivity contribution is -0.120. The third-order valence-corrected chi connectivity index (χ3v) is 4.95. The molecule has 132 valence electrons. The number of anilines is 1. The third kappa shape index (κ3) is 2.82. The minimum Gasteiger partial charge on any atom is -0.378 e. The lowest BCUT2D eigenvalue weighted by Crippen LogP contribution is -2.55. The van der Waals surface area contributed by atoms with Gasteiger partial charge in [-0.2, -0.15) is 0 Å². The molecule has 0 spiro atoms. The molecule has 0 saturated carbocycles. The van der Waals surface area contributed by atoms with Crippen molar-refractivity contribution in [3.05, 3.63) is 29.8 Å². The minimum atomic E-state index is -0.690. The molecule has 2 N–H and O–H groups in total. The maximum absolute atomic E-state index is 12.8. The molecule has 3 heterocycles. The number of nitrogens with one attached hydrogen (secondary N) is 2. The van der Waals surface area contributed by atoms with Crippen LogP contribution in [0, 0.1) is 0 Å². The second-order valence-electron chi connectivity index (χ2n) is 6.42. The summed E-state index contributed by atoms with van der Waals surface area (Å²) in [4.78, 5) is 41.2. The molecule has 0 aromatic heterocycles. The Hall–Kier alpha value is -2.61. The van der Waals surface area contributed by atoms with Crippen LogP contribution in [-0.4, -0.2) is 72.6 Å². The maximum atomic E-state index is 12.8. The van der Waals surface area contributed by atoms with Crippen molar-refractivity contribution in [2.24, 2.45) is 0 Å². The molecule has 3 aliphatic heterocycles. The second-order valence-corrected chi connectivity index (χ2v) is 6.42. The van der Waals surface area contributed by atoms with Gasteiger partial charge in [0.25, 0.3) is 5.91 Å². The Morgan fingerprint density at radius 2 is 1.92 bits per heavy atom. The highest BCUT2D eigenvalue weighted by atomic mass is 16.5. The number of carbonyl (C=O) groups excluding carboxylic acids is 3. The number of ether oxygens (including phenoxy) is 1. The van der Waals surface area contributed by atoms with Gasteiger partial charge < -0.3 is 25.2 Å². The number of carbonyl (C=O) groups is 3. The number of para-hydroxylation sites is 1. The molecular formula is C17H20N4O4. The molecule has 0 unspecified atom stereocenters. The Bertz CT molecular complexity index is 716. The van der Waals surface area contributed by atoms with Crippen molar-refractivity contribution < 1.29 is 19.1 Å². The molecule has 1 aromatic carbocycles. The quantitative estimate of drug-likeness (QED) is 0.765. The summed E-state index contributed by atoms with van der Waals surface area (Å²) in [5, 5.41) is 5.75. The molecular weight excluding hydrogens is 324 g/mol. The SMILES string of the molecule is O=C1Nc2ccccc2C(=O)N2CC[C@H](NC(=O)N3CCOCC3)[C@@H]12. The van der Waals surface area contributed by atoms with Crippen molar-refractivity contribution in [2.75, 3.05) is 38.2 Å². The van der Waals surface area contributed by atoms with E-state index in [9.17, 15) is 14.4 Å². The molecule has 3 aliphatic rings. The van der Waals surface area contributed by atoms with E-state index in [2.05, 4.69) is 10.6 Å². The molecule has 25 heavy (non-hydrogen) atoms. The van der Waals surface area contributed by atoms with Crippen LogP contribution in [0.2, 0.25) is 0 Å². The fourth-order valence-corrected chi connectivity index (χ4v) is 3.65. The van der Waals surface area contributed by atoms with Crippen molar-refractivity contribution in [2.45, 2.75) is 18.5 Å². The summed E-state index contributed by atoms with van der Waals surface area (Å²) in [5.41, 5.74) is 1.00. The zero-order valence-electron chi connectivity index (χ0n) is 13.7. The van der Waals surface area contributed by atoms with E-state index < -0.39 is 12.1 Å². The molecule has 0 bridgehead atoms. The number of morpholine rings is 1. The molecule has 2 atom stereocenters. The number of fused-ring (bicyclic) bond motifs is 2. The number of hydrogen-bond acceptors (Lipinski definition) is 4. The third-order valence-electron chi connectivity index (χ3n) is 4.95. The largest absolute Gasteiger partial charge is 0.378 e. The first-order chi connectivity index (χ1) is 12.1. The molecule has 8 nitrogen and oxygen atoms in total. The van der Waals surface area contributed by atoms with Gasteiger partial charge in [-0.25, -0.2) is 4.79 Å². The summed E-state index contributed by atoms with van der Waals surface area (Å²) < 4.78 is 5.25. The van der Waals surface area contributed by atoms with Crippen molar-refractivity contribution in [3.63, 3.8) is 0 Å². The number of urea groups is 1. The summed E-state index contributed by atoms with van der Waals surface area (Å²) in [6.45, 7) is 2.54. The lowest BCUT2D eigenvalue weighted by atomic mass is 10.1. The van der Waals surface area contributed by atoms with Crippen molar-refractivity contribution in [1.82, 2.24) is 15.1 Å². The molecule has 2 fully saturated rings. The predicted octanol–water partition coefficient (Wildman–Crippen LogP) is 0.264. The van der Waals surface area contributed by atoms with E-state index in [-0.39, 0.29) is 17.8 Å². The van der Waals surface area contributed by atoms with Gasteiger partial charge in [0.15, 0.2) is 0 Å². The van der Waals surface area contributed by atoms with E-state index in [4.69, 9.17) is 4.74 Å². The molecule has 0 radical (unpaired) electrons. The molecule has 1 aromatic rings. The zero-order valence-corrected chi connectivity index (χ0v) is 13.7. The van der Waals surface area contributed by atoms with Crippen LogP contribution in [0.4, 0.5) is 10.5 Å². The van der Waals surface area contributed by atoms with Gasteiger partial charge in [-0.3, -0.25) is 9.59 Å².